The Morgan fingerprint density at radius 2 is 1.70 bits per heavy atom. The van der Waals surface area contributed by atoms with Gasteiger partial charge in [0, 0.05) is 17.7 Å². The van der Waals surface area contributed by atoms with Gasteiger partial charge in [-0.25, -0.2) is 4.39 Å². The molecule has 1 saturated heterocycles. The molecule has 1 heterocycles. The molecule has 2 aromatic rings. The van der Waals surface area contributed by atoms with Crippen LogP contribution in [-0.4, -0.2) is 35.1 Å². The lowest BCUT2D eigenvalue weighted by molar-refractivity contribution is -0.137. The zero-order valence-electron chi connectivity index (χ0n) is 17.8. The van der Waals surface area contributed by atoms with Gasteiger partial charge in [-0.1, -0.05) is 24.6 Å². The number of nitrogens with one attached hydrogen (secondary N) is 1. The fraction of sp³-hybridized carbons (Fsp3) is 0.417. The minimum Gasteiger partial charge on any atom is -0.353 e. The van der Waals surface area contributed by atoms with Gasteiger partial charge in [-0.3, -0.25) is 14.5 Å². The van der Waals surface area contributed by atoms with Crippen molar-refractivity contribution in [3.63, 3.8) is 0 Å². The average Bonchev–Trinajstić information content (AvgIpc) is 3.16. The van der Waals surface area contributed by atoms with Crippen molar-refractivity contribution >= 4 is 11.8 Å². The van der Waals surface area contributed by atoms with E-state index in [1.54, 1.807) is 18.2 Å². The third-order valence-corrected chi connectivity index (χ3v) is 6.29. The van der Waals surface area contributed by atoms with E-state index < -0.39 is 41.1 Å². The smallest absolute Gasteiger partial charge is 0.353 e. The SMILES string of the molecule is O=C(NCc1ccccc1F)C1COC2(CCCCC2)N1C(=O)c1ccc(C(F)(F)F)cc1. The number of ether oxygens (including phenoxy) is 1. The fourth-order valence-corrected chi connectivity index (χ4v) is 4.55. The first-order valence-corrected chi connectivity index (χ1v) is 10.9. The summed E-state index contributed by atoms with van der Waals surface area (Å²) in [5.74, 6) is -1.52. The maximum atomic E-state index is 13.9. The highest BCUT2D eigenvalue weighted by Crippen LogP contribution is 2.41. The summed E-state index contributed by atoms with van der Waals surface area (Å²) in [6, 6.07) is 9.01. The van der Waals surface area contributed by atoms with Crippen LogP contribution in [-0.2, 0) is 22.3 Å². The molecule has 1 saturated carbocycles. The molecule has 0 aromatic heterocycles. The largest absolute Gasteiger partial charge is 0.416 e. The fourth-order valence-electron chi connectivity index (χ4n) is 4.55. The van der Waals surface area contributed by atoms with E-state index in [9.17, 15) is 27.2 Å². The summed E-state index contributed by atoms with van der Waals surface area (Å²) in [5.41, 5.74) is -1.48. The number of carbonyl (C=O) groups is 2. The zero-order chi connectivity index (χ0) is 23.6. The normalized spacial score (nSPS) is 20.1. The number of rotatable bonds is 4. The van der Waals surface area contributed by atoms with Crippen molar-refractivity contribution in [2.24, 2.45) is 0 Å². The molecule has 1 aliphatic carbocycles. The molecule has 1 unspecified atom stereocenters. The Kier molecular flexibility index (Phi) is 6.43. The number of amides is 2. The molecule has 0 bridgehead atoms. The number of carbonyl (C=O) groups excluding carboxylic acids is 2. The zero-order valence-corrected chi connectivity index (χ0v) is 17.8. The Hall–Kier alpha value is -2.94. The molecule has 33 heavy (non-hydrogen) atoms. The molecular weight excluding hydrogens is 440 g/mol. The molecule has 4 rings (SSSR count). The summed E-state index contributed by atoms with van der Waals surface area (Å²) in [7, 11) is 0. The Bertz CT molecular complexity index is 1020. The van der Waals surface area contributed by atoms with Crippen LogP contribution in [0.15, 0.2) is 48.5 Å². The van der Waals surface area contributed by atoms with Crippen LogP contribution in [0.4, 0.5) is 17.6 Å². The highest BCUT2D eigenvalue weighted by molar-refractivity contribution is 5.98. The van der Waals surface area contributed by atoms with Crippen molar-refractivity contribution in [1.29, 1.82) is 0 Å². The molecule has 2 aromatic carbocycles. The quantitative estimate of drug-likeness (QED) is 0.670. The molecule has 176 valence electrons. The molecular formula is C24H24F4N2O3. The Balaban J connectivity index is 1.58. The van der Waals surface area contributed by atoms with E-state index in [1.807, 2.05) is 0 Å². The lowest BCUT2D eigenvalue weighted by Gasteiger charge is -2.41. The van der Waals surface area contributed by atoms with Gasteiger partial charge in [0.15, 0.2) is 0 Å². The number of hydrogen-bond donors (Lipinski definition) is 1. The maximum Gasteiger partial charge on any atom is 0.416 e. The van der Waals surface area contributed by atoms with Crippen molar-refractivity contribution < 1.29 is 31.9 Å². The maximum absolute atomic E-state index is 13.9. The van der Waals surface area contributed by atoms with Gasteiger partial charge in [0.25, 0.3) is 5.91 Å². The van der Waals surface area contributed by atoms with Gasteiger partial charge in [-0.05, 0) is 56.0 Å². The molecule has 9 heteroatoms. The summed E-state index contributed by atoms with van der Waals surface area (Å²) < 4.78 is 58.7. The summed E-state index contributed by atoms with van der Waals surface area (Å²) in [6.07, 6.45) is -0.858. The third kappa shape index (κ3) is 4.73. The van der Waals surface area contributed by atoms with Gasteiger partial charge < -0.3 is 10.1 Å². The molecule has 1 N–H and O–H groups in total. The van der Waals surface area contributed by atoms with Crippen LogP contribution >= 0.6 is 0 Å². The predicted octanol–water partition coefficient (Wildman–Crippen LogP) is 4.66. The first kappa shape index (κ1) is 23.2. The molecule has 5 nitrogen and oxygen atoms in total. The third-order valence-electron chi connectivity index (χ3n) is 6.29. The number of alkyl halides is 3. The second-order valence-electron chi connectivity index (χ2n) is 8.39. The van der Waals surface area contributed by atoms with Crippen molar-refractivity contribution in [2.45, 2.75) is 56.6 Å². The van der Waals surface area contributed by atoms with Gasteiger partial charge in [-0.15, -0.1) is 0 Å². The van der Waals surface area contributed by atoms with Crippen LogP contribution in [0, 0.1) is 5.82 Å². The highest BCUT2D eigenvalue weighted by Gasteiger charge is 2.53. The summed E-state index contributed by atoms with van der Waals surface area (Å²) >= 11 is 0. The van der Waals surface area contributed by atoms with E-state index in [-0.39, 0.29) is 18.7 Å². The van der Waals surface area contributed by atoms with Gasteiger partial charge in [0.1, 0.15) is 17.6 Å². The van der Waals surface area contributed by atoms with Gasteiger partial charge in [0.05, 0.1) is 12.2 Å². The Morgan fingerprint density at radius 1 is 1.03 bits per heavy atom. The van der Waals surface area contributed by atoms with Crippen LogP contribution in [0.1, 0.15) is 53.6 Å². The average molecular weight is 464 g/mol. The predicted molar refractivity (Wildman–Crippen MR) is 111 cm³/mol. The number of hydrogen-bond acceptors (Lipinski definition) is 3. The second kappa shape index (κ2) is 9.13. The van der Waals surface area contributed by atoms with Crippen LogP contribution in [0.5, 0.6) is 0 Å². The van der Waals surface area contributed by atoms with Crippen LogP contribution in [0.2, 0.25) is 0 Å². The van der Waals surface area contributed by atoms with Crippen molar-refractivity contribution in [2.75, 3.05) is 6.61 Å². The summed E-state index contributed by atoms with van der Waals surface area (Å²) in [5, 5.41) is 2.67. The summed E-state index contributed by atoms with van der Waals surface area (Å²) in [6.45, 7) is -0.0905. The number of halogens is 4. The lowest BCUT2D eigenvalue weighted by atomic mass is 9.89. The van der Waals surface area contributed by atoms with Crippen LogP contribution in [0.25, 0.3) is 0 Å². The molecule has 2 amide bonds. The molecule has 2 aliphatic rings. The van der Waals surface area contributed by atoms with Crippen molar-refractivity contribution in [1.82, 2.24) is 10.2 Å². The topological polar surface area (TPSA) is 58.6 Å². The summed E-state index contributed by atoms with van der Waals surface area (Å²) in [4.78, 5) is 27.9. The standard InChI is InChI=1S/C24H24F4N2O3/c25-19-7-3-2-6-17(19)14-29-21(31)20-15-33-23(12-4-1-5-13-23)30(20)22(32)16-8-10-18(11-9-16)24(26,27)28/h2-3,6-11,20H,1,4-5,12-15H2,(H,29,31). The van der Waals surface area contributed by atoms with E-state index in [4.69, 9.17) is 4.74 Å². The van der Waals surface area contributed by atoms with Crippen LogP contribution < -0.4 is 5.32 Å². The highest BCUT2D eigenvalue weighted by atomic mass is 19.4. The van der Waals surface area contributed by atoms with Gasteiger partial charge in [0.2, 0.25) is 5.91 Å². The molecule has 1 atom stereocenters. The number of benzene rings is 2. The second-order valence-corrected chi connectivity index (χ2v) is 8.39. The van der Waals surface area contributed by atoms with Crippen molar-refractivity contribution in [3.05, 3.63) is 71.0 Å². The minimum absolute atomic E-state index is 0.0323. The van der Waals surface area contributed by atoms with E-state index in [0.29, 0.717) is 18.4 Å². The van der Waals surface area contributed by atoms with Crippen LogP contribution in [0.3, 0.4) is 0 Å². The molecule has 0 radical (unpaired) electrons. The van der Waals surface area contributed by atoms with E-state index >= 15 is 0 Å². The molecule has 1 aliphatic heterocycles. The first-order chi connectivity index (χ1) is 15.7. The monoisotopic (exact) mass is 464 g/mol. The molecule has 1 spiro atoms. The van der Waals surface area contributed by atoms with Gasteiger partial charge in [-0.2, -0.15) is 13.2 Å². The van der Waals surface area contributed by atoms with E-state index in [2.05, 4.69) is 5.32 Å². The Morgan fingerprint density at radius 3 is 2.33 bits per heavy atom. The lowest BCUT2D eigenvalue weighted by Crippen LogP contribution is -2.56. The molecule has 2 fully saturated rings. The first-order valence-electron chi connectivity index (χ1n) is 10.9. The number of nitrogens with zero attached hydrogens (tertiary/aromatic N) is 1. The van der Waals surface area contributed by atoms with E-state index in [1.165, 1.54) is 11.0 Å². The van der Waals surface area contributed by atoms with E-state index in [0.717, 1.165) is 43.5 Å². The Labute approximate surface area is 188 Å². The minimum atomic E-state index is -4.52. The van der Waals surface area contributed by atoms with Crippen molar-refractivity contribution in [3.8, 4) is 0 Å². The van der Waals surface area contributed by atoms with Gasteiger partial charge >= 0.3 is 6.18 Å².